The summed E-state index contributed by atoms with van der Waals surface area (Å²) in [5.74, 6) is 0.835. The second-order valence-electron chi connectivity index (χ2n) is 5.46. The van der Waals surface area contributed by atoms with Gasteiger partial charge in [0, 0.05) is 25.0 Å². The van der Waals surface area contributed by atoms with E-state index in [1.54, 1.807) is 18.3 Å². The van der Waals surface area contributed by atoms with E-state index in [-0.39, 0.29) is 11.6 Å². The van der Waals surface area contributed by atoms with Crippen molar-refractivity contribution in [2.75, 3.05) is 11.4 Å². The summed E-state index contributed by atoms with van der Waals surface area (Å²) >= 11 is 0. The van der Waals surface area contributed by atoms with Gasteiger partial charge in [0.2, 0.25) is 5.95 Å². The zero-order valence-electron chi connectivity index (χ0n) is 12.0. The first-order chi connectivity index (χ1) is 10.8. The molecule has 1 fully saturated rings. The number of aromatic nitrogens is 5. The molecule has 22 heavy (non-hydrogen) atoms. The van der Waals surface area contributed by atoms with Gasteiger partial charge in [0.05, 0.1) is 12.6 Å². The molecule has 4 rings (SSSR count). The maximum atomic E-state index is 11.9. The normalized spacial score (nSPS) is 18.2. The average molecular weight is 296 g/mol. The van der Waals surface area contributed by atoms with Gasteiger partial charge in [0.15, 0.2) is 5.65 Å². The Kier molecular flexibility index (Phi) is 3.10. The van der Waals surface area contributed by atoms with Crippen molar-refractivity contribution in [1.29, 1.82) is 0 Å². The molecule has 0 aromatic carbocycles. The molecular formula is C15H16N6O. The predicted octanol–water partition coefficient (Wildman–Crippen LogP) is 0.955. The highest BCUT2D eigenvalue weighted by molar-refractivity contribution is 5.47. The molecule has 1 aliphatic heterocycles. The summed E-state index contributed by atoms with van der Waals surface area (Å²) in [6.45, 7) is 1.49. The number of anilines is 1. The lowest BCUT2D eigenvalue weighted by atomic mass is 10.2. The number of nitrogens with zero attached hydrogens (tertiary/aromatic N) is 6. The summed E-state index contributed by atoms with van der Waals surface area (Å²) in [5, 5.41) is 12.7. The third-order valence-electron chi connectivity index (χ3n) is 4.10. The molecule has 0 spiro atoms. The number of hydrogen-bond donors (Lipinski definition) is 0. The third kappa shape index (κ3) is 2.14. The van der Waals surface area contributed by atoms with Crippen molar-refractivity contribution in [3.63, 3.8) is 0 Å². The highest BCUT2D eigenvalue weighted by Gasteiger charge is 2.28. The average Bonchev–Trinajstić information content (AvgIpc) is 3.16. The Morgan fingerprint density at radius 1 is 1.18 bits per heavy atom. The number of rotatable bonds is 3. The van der Waals surface area contributed by atoms with Gasteiger partial charge < -0.3 is 4.90 Å². The van der Waals surface area contributed by atoms with Crippen LogP contribution in [0.25, 0.3) is 5.65 Å². The van der Waals surface area contributed by atoms with Gasteiger partial charge in [-0.1, -0.05) is 6.07 Å². The van der Waals surface area contributed by atoms with E-state index in [1.807, 2.05) is 28.8 Å². The fraction of sp³-hybridized carbons (Fsp3) is 0.333. The maximum absolute atomic E-state index is 11.9. The van der Waals surface area contributed by atoms with E-state index < -0.39 is 0 Å². The molecule has 0 N–H and O–H groups in total. The summed E-state index contributed by atoms with van der Waals surface area (Å²) in [4.78, 5) is 14.1. The Morgan fingerprint density at radius 2 is 2.14 bits per heavy atom. The van der Waals surface area contributed by atoms with E-state index in [9.17, 15) is 4.79 Å². The van der Waals surface area contributed by atoms with E-state index in [2.05, 4.69) is 20.2 Å². The molecule has 1 atom stereocenters. The highest BCUT2D eigenvalue weighted by Crippen LogP contribution is 2.25. The van der Waals surface area contributed by atoms with Gasteiger partial charge in [-0.2, -0.15) is 5.10 Å². The molecule has 1 aliphatic rings. The molecule has 1 unspecified atom stereocenters. The van der Waals surface area contributed by atoms with Gasteiger partial charge in [0.1, 0.15) is 0 Å². The number of fused-ring (bicyclic) bond motifs is 1. The van der Waals surface area contributed by atoms with Crippen LogP contribution in [0.3, 0.4) is 0 Å². The Morgan fingerprint density at radius 3 is 3.05 bits per heavy atom. The standard InChI is InChI=1S/C15H16N6O/c22-14-7-3-8-16-21(14)11-12-5-4-10-19(12)15-18-17-13-6-1-2-9-20(13)15/h1-3,6-9,12H,4-5,10-11H2. The van der Waals surface area contributed by atoms with Crippen LogP contribution in [-0.4, -0.2) is 37.0 Å². The molecule has 0 aliphatic carbocycles. The van der Waals surface area contributed by atoms with E-state index in [0.717, 1.165) is 31.0 Å². The van der Waals surface area contributed by atoms with Crippen LogP contribution >= 0.6 is 0 Å². The van der Waals surface area contributed by atoms with Crippen molar-refractivity contribution < 1.29 is 0 Å². The molecular weight excluding hydrogens is 280 g/mol. The molecule has 3 aromatic rings. The molecule has 7 nitrogen and oxygen atoms in total. The largest absolute Gasteiger partial charge is 0.336 e. The second-order valence-corrected chi connectivity index (χ2v) is 5.46. The van der Waals surface area contributed by atoms with Gasteiger partial charge in [0.25, 0.3) is 5.56 Å². The minimum Gasteiger partial charge on any atom is -0.336 e. The lowest BCUT2D eigenvalue weighted by Crippen LogP contribution is -2.37. The van der Waals surface area contributed by atoms with Crippen LogP contribution < -0.4 is 10.5 Å². The zero-order chi connectivity index (χ0) is 14.9. The first-order valence-corrected chi connectivity index (χ1v) is 7.41. The van der Waals surface area contributed by atoms with Gasteiger partial charge >= 0.3 is 0 Å². The molecule has 0 radical (unpaired) electrons. The van der Waals surface area contributed by atoms with Crippen LogP contribution in [0.4, 0.5) is 5.95 Å². The highest BCUT2D eigenvalue weighted by atomic mass is 16.1. The Hall–Kier alpha value is -2.70. The molecule has 0 bridgehead atoms. The van der Waals surface area contributed by atoms with Gasteiger partial charge in [-0.05, 0) is 31.0 Å². The SMILES string of the molecule is O=c1cccnn1CC1CCCN1c1nnc2ccccn12. The lowest BCUT2D eigenvalue weighted by Gasteiger charge is -2.24. The summed E-state index contributed by atoms with van der Waals surface area (Å²) in [7, 11) is 0. The molecule has 7 heteroatoms. The van der Waals surface area contributed by atoms with Crippen molar-refractivity contribution in [1.82, 2.24) is 24.4 Å². The van der Waals surface area contributed by atoms with Crippen LogP contribution in [-0.2, 0) is 6.54 Å². The molecule has 0 saturated carbocycles. The zero-order valence-corrected chi connectivity index (χ0v) is 12.0. The molecule has 4 heterocycles. The predicted molar refractivity (Wildman–Crippen MR) is 81.9 cm³/mol. The van der Waals surface area contributed by atoms with Crippen molar-refractivity contribution in [2.24, 2.45) is 0 Å². The smallest absolute Gasteiger partial charge is 0.266 e. The van der Waals surface area contributed by atoms with Crippen LogP contribution in [0.2, 0.25) is 0 Å². The Labute approximate surface area is 126 Å². The quantitative estimate of drug-likeness (QED) is 0.720. The first-order valence-electron chi connectivity index (χ1n) is 7.41. The van der Waals surface area contributed by atoms with Crippen LogP contribution in [0, 0.1) is 0 Å². The van der Waals surface area contributed by atoms with Crippen LogP contribution in [0.1, 0.15) is 12.8 Å². The third-order valence-corrected chi connectivity index (χ3v) is 4.10. The van der Waals surface area contributed by atoms with Gasteiger partial charge in [-0.15, -0.1) is 10.2 Å². The van der Waals surface area contributed by atoms with Crippen LogP contribution in [0.5, 0.6) is 0 Å². The van der Waals surface area contributed by atoms with Gasteiger partial charge in [-0.25, -0.2) is 4.68 Å². The lowest BCUT2D eigenvalue weighted by molar-refractivity contribution is 0.484. The topological polar surface area (TPSA) is 68.3 Å². The van der Waals surface area contributed by atoms with Crippen LogP contribution in [0.15, 0.2) is 47.5 Å². The molecule has 0 amide bonds. The minimum atomic E-state index is -0.0690. The monoisotopic (exact) mass is 296 g/mol. The number of hydrogen-bond acceptors (Lipinski definition) is 5. The maximum Gasteiger partial charge on any atom is 0.266 e. The summed E-state index contributed by atoms with van der Waals surface area (Å²) in [6.07, 6.45) is 5.71. The van der Waals surface area contributed by atoms with Crippen molar-refractivity contribution >= 4 is 11.6 Å². The van der Waals surface area contributed by atoms with E-state index in [1.165, 1.54) is 4.68 Å². The molecule has 112 valence electrons. The van der Waals surface area contributed by atoms with Crippen molar-refractivity contribution in [3.8, 4) is 0 Å². The minimum absolute atomic E-state index is 0.0690. The van der Waals surface area contributed by atoms with E-state index in [0.29, 0.717) is 6.54 Å². The second kappa shape index (κ2) is 5.25. The van der Waals surface area contributed by atoms with Crippen molar-refractivity contribution in [2.45, 2.75) is 25.4 Å². The van der Waals surface area contributed by atoms with E-state index >= 15 is 0 Å². The Bertz CT molecular complexity index is 854. The summed E-state index contributed by atoms with van der Waals surface area (Å²) < 4.78 is 3.51. The van der Waals surface area contributed by atoms with Crippen molar-refractivity contribution in [3.05, 3.63) is 53.1 Å². The number of pyridine rings is 1. The fourth-order valence-corrected chi connectivity index (χ4v) is 3.04. The Balaban J connectivity index is 1.67. The summed E-state index contributed by atoms with van der Waals surface area (Å²) in [5.41, 5.74) is 0.763. The summed E-state index contributed by atoms with van der Waals surface area (Å²) in [6, 6.07) is 9.26. The van der Waals surface area contributed by atoms with E-state index in [4.69, 9.17) is 0 Å². The first kappa shape index (κ1) is 13.0. The fourth-order valence-electron chi connectivity index (χ4n) is 3.04. The molecule has 1 saturated heterocycles. The molecule has 3 aromatic heterocycles. The van der Waals surface area contributed by atoms with Gasteiger partial charge in [-0.3, -0.25) is 9.20 Å².